The molecule has 0 fully saturated rings. The first kappa shape index (κ1) is 18.7. The van der Waals surface area contributed by atoms with Gasteiger partial charge in [0.15, 0.2) is 0 Å². The SMILES string of the molecule is CC(=O)N1CCc2cc(C(=O)N(C(C)C)C3CCCc4cccnc43)ccc21. The molecule has 28 heavy (non-hydrogen) atoms. The zero-order valence-corrected chi connectivity index (χ0v) is 16.8. The maximum absolute atomic E-state index is 13.5. The van der Waals surface area contributed by atoms with Crippen LogP contribution in [-0.2, 0) is 17.6 Å². The molecule has 1 aliphatic carbocycles. The number of benzene rings is 1. The lowest BCUT2D eigenvalue weighted by Crippen LogP contribution is -2.41. The highest BCUT2D eigenvalue weighted by atomic mass is 16.2. The van der Waals surface area contributed by atoms with Crippen LogP contribution in [0, 0.1) is 0 Å². The van der Waals surface area contributed by atoms with Crippen LogP contribution in [-0.4, -0.2) is 34.3 Å². The lowest BCUT2D eigenvalue weighted by Gasteiger charge is -2.38. The highest BCUT2D eigenvalue weighted by molar-refractivity contribution is 5.98. The van der Waals surface area contributed by atoms with Crippen LogP contribution in [0.3, 0.4) is 0 Å². The molecule has 1 aromatic carbocycles. The van der Waals surface area contributed by atoms with Gasteiger partial charge in [0.25, 0.3) is 5.91 Å². The van der Waals surface area contributed by atoms with Crippen LogP contribution in [0.5, 0.6) is 0 Å². The summed E-state index contributed by atoms with van der Waals surface area (Å²) in [5.74, 6) is 0.0918. The van der Waals surface area contributed by atoms with Crippen molar-refractivity contribution in [3.05, 3.63) is 58.9 Å². The average Bonchev–Trinajstić information content (AvgIpc) is 3.11. The molecule has 2 aromatic rings. The maximum Gasteiger partial charge on any atom is 0.254 e. The van der Waals surface area contributed by atoms with Crippen molar-refractivity contribution in [1.29, 1.82) is 0 Å². The quantitative estimate of drug-likeness (QED) is 0.815. The molecule has 0 saturated heterocycles. The Bertz CT molecular complexity index is 922. The molecule has 2 heterocycles. The van der Waals surface area contributed by atoms with Crippen molar-refractivity contribution in [1.82, 2.24) is 9.88 Å². The Balaban J connectivity index is 1.67. The summed E-state index contributed by atoms with van der Waals surface area (Å²) in [6.07, 6.45) is 5.66. The third-order valence-corrected chi connectivity index (χ3v) is 5.89. The van der Waals surface area contributed by atoms with Gasteiger partial charge < -0.3 is 9.80 Å². The summed E-state index contributed by atoms with van der Waals surface area (Å²) in [5, 5.41) is 0. The molecule has 2 aliphatic rings. The molecule has 1 unspecified atom stereocenters. The zero-order valence-electron chi connectivity index (χ0n) is 16.8. The second-order valence-corrected chi connectivity index (χ2v) is 8.03. The number of carbonyl (C=O) groups is 2. The summed E-state index contributed by atoms with van der Waals surface area (Å²) in [6, 6.07) is 9.94. The predicted molar refractivity (Wildman–Crippen MR) is 109 cm³/mol. The number of pyridine rings is 1. The van der Waals surface area contributed by atoms with Crippen LogP contribution in [0.1, 0.15) is 66.8 Å². The van der Waals surface area contributed by atoms with E-state index >= 15 is 0 Å². The normalized spacial score (nSPS) is 18.0. The van der Waals surface area contributed by atoms with Crippen molar-refractivity contribution in [2.24, 2.45) is 0 Å². The second-order valence-electron chi connectivity index (χ2n) is 8.03. The fourth-order valence-electron chi connectivity index (χ4n) is 4.60. The van der Waals surface area contributed by atoms with Crippen LogP contribution in [0.2, 0.25) is 0 Å². The highest BCUT2D eigenvalue weighted by Gasteiger charge is 2.33. The topological polar surface area (TPSA) is 53.5 Å². The fourth-order valence-corrected chi connectivity index (χ4v) is 4.60. The van der Waals surface area contributed by atoms with Gasteiger partial charge in [0.05, 0.1) is 11.7 Å². The number of fused-ring (bicyclic) bond motifs is 2. The fraction of sp³-hybridized carbons (Fsp3) is 0.435. The second kappa shape index (κ2) is 7.38. The number of anilines is 1. The van der Waals surface area contributed by atoms with Crippen LogP contribution in [0.25, 0.3) is 0 Å². The van der Waals surface area contributed by atoms with Crippen molar-refractivity contribution < 1.29 is 9.59 Å². The van der Waals surface area contributed by atoms with E-state index in [2.05, 4.69) is 24.9 Å². The number of nitrogens with zero attached hydrogens (tertiary/aromatic N) is 3. The number of hydrogen-bond donors (Lipinski definition) is 0. The first-order chi connectivity index (χ1) is 13.5. The molecular weight excluding hydrogens is 350 g/mol. The van der Waals surface area contributed by atoms with Crippen molar-refractivity contribution in [3.8, 4) is 0 Å². The molecule has 2 amide bonds. The number of rotatable bonds is 3. The van der Waals surface area contributed by atoms with Crippen LogP contribution in [0.15, 0.2) is 36.5 Å². The summed E-state index contributed by atoms with van der Waals surface area (Å²) in [4.78, 5) is 33.7. The molecule has 1 atom stereocenters. The minimum Gasteiger partial charge on any atom is -0.328 e. The van der Waals surface area contributed by atoms with E-state index in [0.717, 1.165) is 42.6 Å². The third-order valence-electron chi connectivity index (χ3n) is 5.89. The number of aryl methyl sites for hydroxylation is 1. The largest absolute Gasteiger partial charge is 0.328 e. The van der Waals surface area contributed by atoms with E-state index in [-0.39, 0.29) is 23.9 Å². The summed E-state index contributed by atoms with van der Waals surface area (Å²) < 4.78 is 0. The van der Waals surface area contributed by atoms with Crippen molar-refractivity contribution in [2.75, 3.05) is 11.4 Å². The third kappa shape index (κ3) is 3.19. The van der Waals surface area contributed by atoms with Gasteiger partial charge in [0.1, 0.15) is 0 Å². The molecule has 0 radical (unpaired) electrons. The van der Waals surface area contributed by atoms with Gasteiger partial charge in [0, 0.05) is 37.0 Å². The van der Waals surface area contributed by atoms with Gasteiger partial charge in [0.2, 0.25) is 5.91 Å². The van der Waals surface area contributed by atoms with Gasteiger partial charge >= 0.3 is 0 Å². The van der Waals surface area contributed by atoms with Crippen LogP contribution >= 0.6 is 0 Å². The van der Waals surface area contributed by atoms with Gasteiger partial charge in [-0.05, 0) is 74.9 Å². The lowest BCUT2D eigenvalue weighted by atomic mass is 9.89. The molecule has 5 nitrogen and oxygen atoms in total. The highest BCUT2D eigenvalue weighted by Crippen LogP contribution is 2.36. The molecule has 0 N–H and O–H groups in total. The molecule has 146 valence electrons. The number of aromatic nitrogens is 1. The van der Waals surface area contributed by atoms with E-state index in [1.54, 1.807) is 11.8 Å². The Labute approximate surface area is 166 Å². The maximum atomic E-state index is 13.5. The van der Waals surface area contributed by atoms with Gasteiger partial charge in [-0.15, -0.1) is 0 Å². The zero-order chi connectivity index (χ0) is 19.8. The predicted octanol–water partition coefficient (Wildman–Crippen LogP) is 3.92. The molecule has 0 spiro atoms. The van der Waals surface area contributed by atoms with Gasteiger partial charge in [-0.25, -0.2) is 0 Å². The van der Waals surface area contributed by atoms with Crippen LogP contribution < -0.4 is 4.90 Å². The van der Waals surface area contributed by atoms with Gasteiger partial charge in [-0.2, -0.15) is 0 Å². The van der Waals surface area contributed by atoms with E-state index in [1.165, 1.54) is 5.56 Å². The minimum absolute atomic E-state index is 0.0134. The summed E-state index contributed by atoms with van der Waals surface area (Å²) in [5.41, 5.74) is 5.00. The Kier molecular flexibility index (Phi) is 4.92. The van der Waals surface area contributed by atoms with Crippen molar-refractivity contribution >= 4 is 17.5 Å². The molecule has 0 saturated carbocycles. The first-order valence-corrected chi connectivity index (χ1v) is 10.1. The van der Waals surface area contributed by atoms with Gasteiger partial charge in [-0.3, -0.25) is 14.6 Å². The Hall–Kier alpha value is -2.69. The average molecular weight is 377 g/mol. The molecular formula is C23H27N3O2. The van der Waals surface area contributed by atoms with E-state index in [1.807, 2.05) is 35.4 Å². The molecule has 4 rings (SSSR count). The smallest absolute Gasteiger partial charge is 0.254 e. The summed E-state index contributed by atoms with van der Waals surface area (Å²) >= 11 is 0. The number of hydrogen-bond acceptors (Lipinski definition) is 3. The number of amides is 2. The molecule has 0 bridgehead atoms. The standard InChI is InChI=1S/C23H27N3O2/c1-15(2)26(21-8-4-6-17-7-5-12-24-22(17)21)23(28)19-9-10-20-18(14-19)11-13-25(20)16(3)27/h5,7,9-10,12,14-15,21H,4,6,8,11,13H2,1-3H3. The van der Waals surface area contributed by atoms with E-state index in [9.17, 15) is 9.59 Å². The van der Waals surface area contributed by atoms with Crippen molar-refractivity contribution in [3.63, 3.8) is 0 Å². The van der Waals surface area contributed by atoms with E-state index in [4.69, 9.17) is 0 Å². The first-order valence-electron chi connectivity index (χ1n) is 10.1. The molecule has 1 aliphatic heterocycles. The van der Waals surface area contributed by atoms with E-state index < -0.39 is 0 Å². The Morgan fingerprint density at radius 2 is 2.00 bits per heavy atom. The molecule has 1 aromatic heterocycles. The minimum atomic E-state index is 0.0134. The van der Waals surface area contributed by atoms with E-state index in [0.29, 0.717) is 12.1 Å². The summed E-state index contributed by atoms with van der Waals surface area (Å²) in [7, 11) is 0. The van der Waals surface area contributed by atoms with Gasteiger partial charge in [-0.1, -0.05) is 6.07 Å². The number of carbonyl (C=O) groups excluding carboxylic acids is 2. The van der Waals surface area contributed by atoms with Crippen molar-refractivity contribution in [2.45, 2.75) is 58.5 Å². The molecule has 5 heteroatoms. The Morgan fingerprint density at radius 1 is 1.18 bits per heavy atom. The Morgan fingerprint density at radius 3 is 2.75 bits per heavy atom. The lowest BCUT2D eigenvalue weighted by molar-refractivity contribution is -0.116. The van der Waals surface area contributed by atoms with Crippen LogP contribution in [0.4, 0.5) is 5.69 Å². The summed E-state index contributed by atoms with van der Waals surface area (Å²) in [6.45, 7) is 6.41. The monoisotopic (exact) mass is 377 g/mol.